The lowest BCUT2D eigenvalue weighted by Gasteiger charge is -2.31. The number of carboxylic acids is 2. The summed E-state index contributed by atoms with van der Waals surface area (Å²) >= 11 is 0. The van der Waals surface area contributed by atoms with Crippen molar-refractivity contribution in [3.05, 3.63) is 59.7 Å². The second-order valence-corrected chi connectivity index (χ2v) is 21.1. The minimum Gasteiger partial charge on any atom is -0.508 e. The van der Waals surface area contributed by atoms with Gasteiger partial charge in [0.2, 0.25) is 53.2 Å². The number of carboxylic acid groups (broad SMARTS) is 2. The first kappa shape index (κ1) is 67.7. The van der Waals surface area contributed by atoms with Gasteiger partial charge in [-0.2, -0.15) is 0 Å². The standard InChI is InChI=1S/C54H81N13O15/c1-7-29(6)43(56)51(79)65-39(22-27(2)3)52(80)67-21-9-11-40(67)50(78)64-36(24-31-14-18-33(69)19-15-31)47(75)63-38(26-42(71)72)49(77)61-35(23-30-12-16-32(68)17-13-30)46(74)62-37(25-41(55)70)48(76)60-34(10-8-20-59-54(57)58)45(73)66-44(28(4)5)53(81)82/h12-19,27-29,34-40,43-44,68-69H,7-11,20-26,56H2,1-6H3,(H2,55,70)(H,60,76)(H,61,77)(H,62,74)(H,63,75)(H,64,78)(H,65,79)(H,66,73)(H,71,72)(H,81,82)(H4,57,58,59)/t29-,34-,35-,36-,37-,38-,39-,40-,43-,44-/m0/s1. The van der Waals surface area contributed by atoms with Gasteiger partial charge in [-0.1, -0.05) is 72.2 Å². The van der Waals surface area contributed by atoms with Gasteiger partial charge in [-0.3, -0.25) is 52.9 Å². The number of likely N-dealkylation sites (tertiary alicyclic amines) is 1. The topological polar surface area (TPSA) is 473 Å². The van der Waals surface area contributed by atoms with Crippen LogP contribution in [0.2, 0.25) is 0 Å². The zero-order valence-corrected chi connectivity index (χ0v) is 47.0. The Bertz CT molecular complexity index is 2600. The molecule has 1 saturated heterocycles. The smallest absolute Gasteiger partial charge is 0.326 e. The number of nitrogens with one attached hydrogen (secondary N) is 7. The van der Waals surface area contributed by atoms with E-state index >= 15 is 0 Å². The van der Waals surface area contributed by atoms with Crippen LogP contribution in [0.1, 0.15) is 104 Å². The zero-order chi connectivity index (χ0) is 61.5. The van der Waals surface area contributed by atoms with E-state index in [9.17, 15) is 73.2 Å². The number of amides is 9. The van der Waals surface area contributed by atoms with Crippen LogP contribution in [0.5, 0.6) is 11.5 Å². The highest BCUT2D eigenvalue weighted by Crippen LogP contribution is 2.22. The number of guanidine groups is 1. The molecule has 0 spiro atoms. The number of aliphatic carboxylic acids is 2. The number of benzene rings is 2. The number of rotatable bonds is 33. The van der Waals surface area contributed by atoms with E-state index in [2.05, 4.69) is 42.2 Å². The number of nitrogens with two attached hydrogens (primary N) is 4. The molecule has 28 nitrogen and oxygen atoms in total. The molecule has 19 N–H and O–H groups in total. The van der Waals surface area contributed by atoms with Gasteiger partial charge in [-0.05, 0) is 85.3 Å². The van der Waals surface area contributed by atoms with Crippen molar-refractivity contribution in [1.29, 1.82) is 0 Å². The number of phenols is 2. The Kier molecular flexibility index (Phi) is 26.9. The highest BCUT2D eigenvalue weighted by molar-refractivity contribution is 6.00. The quantitative estimate of drug-likeness (QED) is 0.0205. The summed E-state index contributed by atoms with van der Waals surface area (Å²) in [6.45, 7) is 10.5. The molecule has 1 aliphatic heterocycles. The van der Waals surface area contributed by atoms with E-state index in [4.69, 9.17) is 22.9 Å². The summed E-state index contributed by atoms with van der Waals surface area (Å²) in [5.41, 5.74) is 23.2. The van der Waals surface area contributed by atoms with Gasteiger partial charge in [0.05, 0.1) is 18.9 Å². The highest BCUT2D eigenvalue weighted by atomic mass is 16.4. The number of aromatic hydroxyl groups is 2. The van der Waals surface area contributed by atoms with Gasteiger partial charge in [-0.25, -0.2) is 4.79 Å². The van der Waals surface area contributed by atoms with Crippen LogP contribution in [0.3, 0.4) is 0 Å². The Balaban J connectivity index is 2.00. The van der Waals surface area contributed by atoms with Crippen molar-refractivity contribution in [2.45, 2.75) is 160 Å². The molecule has 0 unspecified atom stereocenters. The van der Waals surface area contributed by atoms with Crippen molar-refractivity contribution >= 4 is 71.1 Å². The van der Waals surface area contributed by atoms with E-state index in [-0.39, 0.29) is 80.1 Å². The van der Waals surface area contributed by atoms with Crippen molar-refractivity contribution in [2.24, 2.45) is 45.7 Å². The summed E-state index contributed by atoms with van der Waals surface area (Å²) in [7, 11) is 0. The molecule has 82 heavy (non-hydrogen) atoms. The van der Waals surface area contributed by atoms with Crippen molar-refractivity contribution < 1.29 is 73.2 Å². The number of carbonyl (C=O) groups excluding carboxylic acids is 9. The largest absolute Gasteiger partial charge is 0.508 e. The Labute approximate surface area is 475 Å². The summed E-state index contributed by atoms with van der Waals surface area (Å²) in [4.78, 5) is 154. The van der Waals surface area contributed by atoms with Crippen LogP contribution < -0.4 is 60.2 Å². The van der Waals surface area contributed by atoms with E-state index in [0.717, 1.165) is 0 Å². The maximum absolute atomic E-state index is 14.5. The van der Waals surface area contributed by atoms with Gasteiger partial charge < -0.3 is 85.5 Å². The SMILES string of the molecule is CC[C@H](C)[C@H](N)C(=O)N[C@@H](CC(C)C)C(=O)N1CCC[C@H]1C(=O)N[C@@H](Cc1ccc(O)cc1)C(=O)N[C@@H](CC(=O)O)C(=O)N[C@@H](Cc1ccc(O)cc1)C(=O)N[C@@H](CC(N)=O)C(=O)N[C@@H](CCCN=C(N)N)C(=O)N[C@H](C(=O)O)C(C)C. The molecule has 28 heteroatoms. The maximum atomic E-state index is 14.5. The molecule has 452 valence electrons. The number of phenolic OH excluding ortho intramolecular Hbond substituents is 2. The van der Waals surface area contributed by atoms with Crippen molar-refractivity contribution in [3.8, 4) is 11.5 Å². The van der Waals surface area contributed by atoms with Gasteiger partial charge in [0.25, 0.3) is 0 Å². The number of hydrogen-bond donors (Lipinski definition) is 15. The normalized spacial score (nSPS) is 16.3. The maximum Gasteiger partial charge on any atom is 0.326 e. The van der Waals surface area contributed by atoms with Crippen LogP contribution in [-0.2, 0) is 65.6 Å². The minimum atomic E-state index is -1.99. The predicted octanol–water partition coefficient (Wildman–Crippen LogP) is -2.17. The molecule has 0 aromatic heterocycles. The molecular weight excluding hydrogens is 1070 g/mol. The number of aliphatic imine (C=N–C) groups is 1. The van der Waals surface area contributed by atoms with E-state index in [1.165, 1.54) is 67.3 Å². The Morgan fingerprint density at radius 2 is 1.09 bits per heavy atom. The van der Waals surface area contributed by atoms with Crippen LogP contribution in [0.15, 0.2) is 53.5 Å². The average Bonchev–Trinajstić information content (AvgIpc) is 3.98. The third-order valence-electron chi connectivity index (χ3n) is 13.6. The third kappa shape index (κ3) is 22.2. The Morgan fingerprint density at radius 1 is 0.622 bits per heavy atom. The molecule has 10 atom stereocenters. The highest BCUT2D eigenvalue weighted by Gasteiger charge is 2.41. The number of hydrogen-bond acceptors (Lipinski definition) is 15. The first-order valence-corrected chi connectivity index (χ1v) is 27.0. The molecule has 1 heterocycles. The number of primary amides is 1. The summed E-state index contributed by atoms with van der Waals surface area (Å²) in [6, 6.07) is -2.43. The number of carbonyl (C=O) groups is 11. The molecule has 0 aliphatic carbocycles. The van der Waals surface area contributed by atoms with Crippen LogP contribution in [0.25, 0.3) is 0 Å². The second kappa shape index (κ2) is 32.6. The van der Waals surface area contributed by atoms with Gasteiger partial charge >= 0.3 is 11.9 Å². The van der Waals surface area contributed by atoms with Crippen LogP contribution in [0.4, 0.5) is 0 Å². The van der Waals surface area contributed by atoms with Crippen molar-refractivity contribution in [3.63, 3.8) is 0 Å². The summed E-state index contributed by atoms with van der Waals surface area (Å²) in [5, 5.41) is 57.1. The fourth-order valence-corrected chi connectivity index (χ4v) is 8.82. The molecule has 2 aromatic carbocycles. The van der Waals surface area contributed by atoms with E-state index < -0.39 is 145 Å². The van der Waals surface area contributed by atoms with Crippen LogP contribution >= 0.6 is 0 Å². The average molecular weight is 1150 g/mol. The van der Waals surface area contributed by atoms with E-state index in [1.807, 2.05) is 20.8 Å². The molecule has 9 amide bonds. The summed E-state index contributed by atoms with van der Waals surface area (Å²) in [5.74, 6) is -13.1. The van der Waals surface area contributed by atoms with Crippen LogP contribution in [-0.4, -0.2) is 164 Å². The van der Waals surface area contributed by atoms with Crippen molar-refractivity contribution in [1.82, 2.24) is 42.1 Å². The first-order valence-electron chi connectivity index (χ1n) is 27.0. The molecule has 0 bridgehead atoms. The molecule has 0 saturated carbocycles. The molecule has 1 fully saturated rings. The number of nitrogens with zero attached hydrogens (tertiary/aromatic N) is 2. The first-order chi connectivity index (χ1) is 38.5. The van der Waals surface area contributed by atoms with Gasteiger partial charge in [-0.15, -0.1) is 0 Å². The van der Waals surface area contributed by atoms with E-state index in [0.29, 0.717) is 18.4 Å². The molecule has 0 radical (unpaired) electrons. The third-order valence-corrected chi connectivity index (χ3v) is 13.6. The Hall–Kier alpha value is -8.56. The molecular formula is C54H81N13O15. The lowest BCUT2D eigenvalue weighted by molar-refractivity contribution is -0.144. The second-order valence-electron chi connectivity index (χ2n) is 21.1. The fourth-order valence-electron chi connectivity index (χ4n) is 8.82. The van der Waals surface area contributed by atoms with Gasteiger partial charge in [0.15, 0.2) is 5.96 Å². The lowest BCUT2D eigenvalue weighted by atomic mass is 9.97. The monoisotopic (exact) mass is 1150 g/mol. The lowest BCUT2D eigenvalue weighted by Crippen LogP contribution is -2.61. The minimum absolute atomic E-state index is 0.0234. The van der Waals surface area contributed by atoms with Crippen molar-refractivity contribution in [2.75, 3.05) is 13.1 Å². The molecule has 2 aromatic rings. The Morgan fingerprint density at radius 3 is 1.55 bits per heavy atom. The van der Waals surface area contributed by atoms with E-state index in [1.54, 1.807) is 6.92 Å². The van der Waals surface area contributed by atoms with Gasteiger partial charge in [0.1, 0.15) is 59.8 Å². The molecule has 1 aliphatic rings. The van der Waals surface area contributed by atoms with Gasteiger partial charge in [0, 0.05) is 25.9 Å². The summed E-state index contributed by atoms with van der Waals surface area (Å²) in [6.07, 6.45) is -1.50. The summed E-state index contributed by atoms with van der Waals surface area (Å²) < 4.78 is 0. The predicted molar refractivity (Wildman–Crippen MR) is 297 cm³/mol. The zero-order valence-electron chi connectivity index (χ0n) is 47.0. The fraction of sp³-hybridized carbons (Fsp3) is 0.556. The van der Waals surface area contributed by atoms with Crippen LogP contribution in [0, 0.1) is 17.8 Å². The molecule has 3 rings (SSSR count).